The van der Waals surface area contributed by atoms with Gasteiger partial charge in [-0.05, 0) is 26.8 Å². The van der Waals surface area contributed by atoms with Crippen molar-refractivity contribution >= 4 is 5.91 Å². The van der Waals surface area contributed by atoms with Crippen molar-refractivity contribution in [2.24, 2.45) is 0 Å². The summed E-state index contributed by atoms with van der Waals surface area (Å²) in [5, 5.41) is 15.2. The predicted octanol–water partition coefficient (Wildman–Crippen LogP) is -0.765. The van der Waals surface area contributed by atoms with Crippen molar-refractivity contribution in [2.45, 2.75) is 31.9 Å². The Balaban J connectivity index is 2.35. The summed E-state index contributed by atoms with van der Waals surface area (Å²) in [7, 11) is 0. The maximum atomic E-state index is 11.2. The molecule has 0 spiro atoms. The number of carbonyl (C=O) groups is 1. The summed E-state index contributed by atoms with van der Waals surface area (Å²) in [5.41, 5.74) is -1.26. The number of nitrogens with one attached hydrogen (secondary N) is 2. The molecule has 1 aliphatic rings. The first kappa shape index (κ1) is 9.48. The third kappa shape index (κ3) is 2.46. The summed E-state index contributed by atoms with van der Waals surface area (Å²) < 4.78 is 0. The number of aliphatic hydroxyl groups is 1. The Morgan fingerprint density at radius 3 is 2.75 bits per heavy atom. The Morgan fingerprint density at radius 2 is 2.33 bits per heavy atom. The van der Waals surface area contributed by atoms with Crippen molar-refractivity contribution in [1.29, 1.82) is 0 Å². The van der Waals surface area contributed by atoms with Crippen molar-refractivity contribution in [2.75, 3.05) is 13.1 Å². The maximum absolute atomic E-state index is 11.2. The van der Waals surface area contributed by atoms with E-state index in [1.165, 1.54) is 13.8 Å². The lowest BCUT2D eigenvalue weighted by Crippen LogP contribution is -2.47. The largest absolute Gasteiger partial charge is 0.381 e. The molecule has 1 fully saturated rings. The molecule has 1 heterocycles. The van der Waals surface area contributed by atoms with Crippen LogP contribution >= 0.6 is 0 Å². The fourth-order valence-corrected chi connectivity index (χ4v) is 1.14. The second kappa shape index (κ2) is 3.41. The maximum Gasteiger partial charge on any atom is 0.251 e. The summed E-state index contributed by atoms with van der Waals surface area (Å²) in [6, 6.07) is 0.184. The normalized spacial score (nSPS) is 24.1. The van der Waals surface area contributed by atoms with Crippen LogP contribution in [0.15, 0.2) is 0 Å². The second-order valence-electron chi connectivity index (χ2n) is 3.72. The van der Waals surface area contributed by atoms with E-state index in [2.05, 4.69) is 10.6 Å². The molecule has 12 heavy (non-hydrogen) atoms. The fourth-order valence-electron chi connectivity index (χ4n) is 1.14. The molecule has 0 aromatic rings. The van der Waals surface area contributed by atoms with Gasteiger partial charge in [0.05, 0.1) is 0 Å². The van der Waals surface area contributed by atoms with Gasteiger partial charge in [-0.1, -0.05) is 0 Å². The minimum atomic E-state index is -1.26. The molecule has 0 saturated carbocycles. The van der Waals surface area contributed by atoms with E-state index in [4.69, 9.17) is 0 Å². The van der Waals surface area contributed by atoms with Crippen molar-refractivity contribution < 1.29 is 9.90 Å². The van der Waals surface area contributed by atoms with Crippen LogP contribution in [0.5, 0.6) is 0 Å². The zero-order valence-corrected chi connectivity index (χ0v) is 7.55. The highest BCUT2D eigenvalue weighted by atomic mass is 16.3. The number of amides is 1. The van der Waals surface area contributed by atoms with E-state index in [-0.39, 0.29) is 11.9 Å². The lowest BCUT2D eigenvalue weighted by molar-refractivity contribution is -0.137. The first-order chi connectivity index (χ1) is 5.50. The molecule has 0 unspecified atom stereocenters. The van der Waals surface area contributed by atoms with Crippen LogP contribution in [-0.2, 0) is 4.79 Å². The van der Waals surface area contributed by atoms with Crippen LogP contribution in [0.3, 0.4) is 0 Å². The van der Waals surface area contributed by atoms with Crippen LogP contribution < -0.4 is 10.6 Å². The molecule has 70 valence electrons. The summed E-state index contributed by atoms with van der Waals surface area (Å²) in [6.45, 7) is 4.73. The minimum absolute atomic E-state index is 0.184. The van der Waals surface area contributed by atoms with Gasteiger partial charge in [-0.15, -0.1) is 0 Å². The number of hydrogen-bond donors (Lipinski definition) is 3. The standard InChI is InChI=1S/C8H16N2O2/c1-8(2,12)7(11)10-6-3-4-9-5-6/h6,9,12H,3-5H2,1-2H3,(H,10,11)/t6-/m0/s1. The molecule has 4 nitrogen and oxygen atoms in total. The molecule has 1 rings (SSSR count). The highest BCUT2D eigenvalue weighted by Crippen LogP contribution is 2.03. The van der Waals surface area contributed by atoms with Gasteiger partial charge >= 0.3 is 0 Å². The minimum Gasteiger partial charge on any atom is -0.381 e. The summed E-state index contributed by atoms with van der Waals surface area (Å²) >= 11 is 0. The Kier molecular flexibility index (Phi) is 2.69. The van der Waals surface area contributed by atoms with Crippen molar-refractivity contribution in [3.63, 3.8) is 0 Å². The Morgan fingerprint density at radius 1 is 1.67 bits per heavy atom. The van der Waals surface area contributed by atoms with Crippen molar-refractivity contribution in [3.05, 3.63) is 0 Å². The van der Waals surface area contributed by atoms with Gasteiger partial charge in [-0.25, -0.2) is 0 Å². The molecule has 0 bridgehead atoms. The molecule has 0 aromatic carbocycles. The van der Waals surface area contributed by atoms with Crippen molar-refractivity contribution in [3.8, 4) is 0 Å². The quantitative estimate of drug-likeness (QED) is 0.513. The molecule has 1 atom stereocenters. The van der Waals surface area contributed by atoms with E-state index in [9.17, 15) is 9.90 Å². The summed E-state index contributed by atoms with van der Waals surface area (Å²) in [6.07, 6.45) is 0.946. The number of carbonyl (C=O) groups excluding carboxylic acids is 1. The molecule has 0 aliphatic carbocycles. The van der Waals surface area contributed by atoms with Gasteiger partial charge in [0.2, 0.25) is 0 Å². The highest BCUT2D eigenvalue weighted by Gasteiger charge is 2.26. The van der Waals surface area contributed by atoms with Crippen LogP contribution in [0.2, 0.25) is 0 Å². The average Bonchev–Trinajstić information content (AvgIpc) is 2.37. The number of hydrogen-bond acceptors (Lipinski definition) is 3. The summed E-state index contributed by atoms with van der Waals surface area (Å²) in [4.78, 5) is 11.2. The Hall–Kier alpha value is -0.610. The molecular formula is C8H16N2O2. The molecule has 1 amide bonds. The lowest BCUT2D eigenvalue weighted by atomic mass is 10.1. The van der Waals surface area contributed by atoms with Crippen LogP contribution in [-0.4, -0.2) is 35.7 Å². The van der Waals surface area contributed by atoms with Crippen LogP contribution in [0.25, 0.3) is 0 Å². The molecule has 1 saturated heterocycles. The second-order valence-corrected chi connectivity index (χ2v) is 3.72. The lowest BCUT2D eigenvalue weighted by Gasteiger charge is -2.19. The van der Waals surface area contributed by atoms with E-state index >= 15 is 0 Å². The van der Waals surface area contributed by atoms with E-state index in [1.807, 2.05) is 0 Å². The molecule has 0 radical (unpaired) electrons. The first-order valence-corrected chi connectivity index (χ1v) is 4.24. The van der Waals surface area contributed by atoms with E-state index in [1.54, 1.807) is 0 Å². The SMILES string of the molecule is CC(C)(O)C(=O)N[C@H]1CCNC1. The third-order valence-electron chi connectivity index (χ3n) is 1.95. The van der Waals surface area contributed by atoms with Gasteiger partial charge in [0, 0.05) is 12.6 Å². The third-order valence-corrected chi connectivity index (χ3v) is 1.95. The molecule has 0 aromatic heterocycles. The Labute approximate surface area is 72.3 Å². The molecular weight excluding hydrogens is 156 g/mol. The monoisotopic (exact) mass is 172 g/mol. The zero-order valence-electron chi connectivity index (χ0n) is 7.55. The van der Waals surface area contributed by atoms with E-state index < -0.39 is 5.60 Å². The molecule has 3 N–H and O–H groups in total. The van der Waals surface area contributed by atoms with E-state index in [0.29, 0.717) is 0 Å². The summed E-state index contributed by atoms with van der Waals surface area (Å²) in [5.74, 6) is -0.295. The predicted molar refractivity (Wildman–Crippen MR) is 45.7 cm³/mol. The average molecular weight is 172 g/mol. The van der Waals surface area contributed by atoms with Gasteiger partial charge in [-0.2, -0.15) is 0 Å². The van der Waals surface area contributed by atoms with Gasteiger partial charge in [0.15, 0.2) is 0 Å². The molecule has 1 aliphatic heterocycles. The van der Waals surface area contributed by atoms with Gasteiger partial charge in [-0.3, -0.25) is 4.79 Å². The van der Waals surface area contributed by atoms with Gasteiger partial charge in [0.1, 0.15) is 5.60 Å². The van der Waals surface area contributed by atoms with E-state index in [0.717, 1.165) is 19.5 Å². The van der Waals surface area contributed by atoms with Crippen LogP contribution in [0, 0.1) is 0 Å². The molecule has 4 heteroatoms. The smallest absolute Gasteiger partial charge is 0.251 e. The fraction of sp³-hybridized carbons (Fsp3) is 0.875. The van der Waals surface area contributed by atoms with Crippen LogP contribution in [0.4, 0.5) is 0 Å². The Bertz CT molecular complexity index is 168. The number of rotatable bonds is 2. The van der Waals surface area contributed by atoms with Gasteiger partial charge in [0.25, 0.3) is 5.91 Å². The highest BCUT2D eigenvalue weighted by molar-refractivity contribution is 5.84. The van der Waals surface area contributed by atoms with Gasteiger partial charge < -0.3 is 15.7 Å². The zero-order chi connectivity index (χ0) is 9.19. The van der Waals surface area contributed by atoms with Crippen molar-refractivity contribution in [1.82, 2.24) is 10.6 Å². The van der Waals surface area contributed by atoms with Crippen LogP contribution in [0.1, 0.15) is 20.3 Å². The topological polar surface area (TPSA) is 61.4 Å². The first-order valence-electron chi connectivity index (χ1n) is 4.24.